The van der Waals surface area contributed by atoms with Gasteiger partial charge in [0.25, 0.3) is 11.5 Å². The molecule has 0 spiro atoms. The van der Waals surface area contributed by atoms with Gasteiger partial charge in [0, 0.05) is 23.3 Å². The Hall–Kier alpha value is -3.58. The summed E-state index contributed by atoms with van der Waals surface area (Å²) < 4.78 is 14.7. The fourth-order valence-corrected chi connectivity index (χ4v) is 3.40. The van der Waals surface area contributed by atoms with Gasteiger partial charge in [0.15, 0.2) is 0 Å². The van der Waals surface area contributed by atoms with E-state index in [9.17, 15) is 19.1 Å². The highest BCUT2D eigenvalue weighted by Gasteiger charge is 2.19. The summed E-state index contributed by atoms with van der Waals surface area (Å²) in [5.41, 5.74) is 2.17. The fraction of sp³-hybridized carbons (Fsp3) is 0.174. The fourth-order valence-electron chi connectivity index (χ4n) is 3.40. The molecule has 0 saturated heterocycles. The Bertz CT molecular complexity index is 1330. The van der Waals surface area contributed by atoms with Gasteiger partial charge in [0.2, 0.25) is 0 Å². The Balaban J connectivity index is 2.05. The first-order chi connectivity index (χ1) is 14.4. The number of para-hydroxylation sites is 1. The van der Waals surface area contributed by atoms with E-state index in [0.29, 0.717) is 11.2 Å². The van der Waals surface area contributed by atoms with Crippen molar-refractivity contribution in [2.24, 2.45) is 0 Å². The van der Waals surface area contributed by atoms with Gasteiger partial charge in [0.1, 0.15) is 5.82 Å². The number of hydrogen-bond donors (Lipinski definition) is 2. The minimum atomic E-state index is -0.471. The maximum absolute atomic E-state index is 13.4. The van der Waals surface area contributed by atoms with Gasteiger partial charge in [-0.3, -0.25) is 14.2 Å². The summed E-state index contributed by atoms with van der Waals surface area (Å²) in [6, 6.07) is 12.3. The minimum absolute atomic E-state index is 0.194. The van der Waals surface area contributed by atoms with Crippen molar-refractivity contribution in [1.29, 1.82) is 0 Å². The van der Waals surface area contributed by atoms with Crippen LogP contribution in [0, 0.1) is 12.7 Å². The molecule has 0 bridgehead atoms. The highest BCUT2D eigenvalue weighted by Crippen LogP contribution is 2.23. The van der Waals surface area contributed by atoms with E-state index < -0.39 is 17.8 Å². The molecular weight excluding hydrogens is 385 g/mol. The largest absolute Gasteiger partial charge is 0.394 e. The zero-order valence-electron chi connectivity index (χ0n) is 16.5. The third-order valence-electron chi connectivity index (χ3n) is 5.01. The first-order valence-electron chi connectivity index (χ1n) is 9.52. The zero-order valence-corrected chi connectivity index (χ0v) is 16.5. The average Bonchev–Trinajstić information content (AvgIpc) is 2.74. The molecule has 0 saturated carbocycles. The SMILES string of the molecule is Cc1cccc2cc3c(=O)n(-c4ccc(F)cc4)cc(C(=O)NC(C)CO)c3nc12. The van der Waals surface area contributed by atoms with Gasteiger partial charge in [0.05, 0.1) is 28.6 Å². The second kappa shape index (κ2) is 7.68. The van der Waals surface area contributed by atoms with E-state index in [-0.39, 0.29) is 28.6 Å². The standard InChI is InChI=1S/C23H20FN3O3/c1-13-4-3-5-15-10-18-21(26-20(13)15)19(22(29)25-14(2)12-28)11-27(23(18)30)17-8-6-16(24)7-9-17/h3-11,14,28H,12H2,1-2H3,(H,25,29). The Labute approximate surface area is 171 Å². The summed E-state index contributed by atoms with van der Waals surface area (Å²) in [5.74, 6) is -0.886. The number of halogens is 1. The van der Waals surface area contributed by atoms with E-state index in [4.69, 9.17) is 0 Å². The first-order valence-corrected chi connectivity index (χ1v) is 9.52. The van der Waals surface area contributed by atoms with Crippen molar-refractivity contribution in [2.45, 2.75) is 19.9 Å². The third-order valence-corrected chi connectivity index (χ3v) is 5.01. The number of hydrogen-bond acceptors (Lipinski definition) is 4. The summed E-state index contributed by atoms with van der Waals surface area (Å²) in [6.07, 6.45) is 1.41. The Morgan fingerprint density at radius 1 is 1.20 bits per heavy atom. The molecule has 152 valence electrons. The van der Waals surface area contributed by atoms with Crippen molar-refractivity contribution >= 4 is 27.7 Å². The number of carbonyl (C=O) groups excluding carboxylic acids is 1. The molecule has 1 amide bonds. The number of nitrogens with zero attached hydrogens (tertiary/aromatic N) is 2. The average molecular weight is 405 g/mol. The smallest absolute Gasteiger partial charge is 0.264 e. The number of nitrogens with one attached hydrogen (secondary N) is 1. The topological polar surface area (TPSA) is 84.2 Å². The van der Waals surface area contributed by atoms with Gasteiger partial charge in [-0.15, -0.1) is 0 Å². The van der Waals surface area contributed by atoms with Crippen LogP contribution >= 0.6 is 0 Å². The number of fused-ring (bicyclic) bond motifs is 2. The van der Waals surface area contributed by atoms with Gasteiger partial charge in [-0.2, -0.15) is 0 Å². The molecule has 2 aromatic heterocycles. The summed E-state index contributed by atoms with van der Waals surface area (Å²) in [4.78, 5) is 30.9. The van der Waals surface area contributed by atoms with Gasteiger partial charge < -0.3 is 10.4 Å². The lowest BCUT2D eigenvalue weighted by atomic mass is 10.1. The molecule has 7 heteroatoms. The molecule has 2 N–H and O–H groups in total. The Morgan fingerprint density at radius 2 is 1.93 bits per heavy atom. The molecule has 2 heterocycles. The number of amides is 1. The van der Waals surface area contributed by atoms with Crippen LogP contribution in [0.3, 0.4) is 0 Å². The molecular formula is C23H20FN3O3. The van der Waals surface area contributed by atoms with Gasteiger partial charge in [-0.25, -0.2) is 9.37 Å². The van der Waals surface area contributed by atoms with Crippen LogP contribution in [0.15, 0.2) is 59.5 Å². The van der Waals surface area contributed by atoms with Crippen LogP contribution in [0.1, 0.15) is 22.8 Å². The summed E-state index contributed by atoms with van der Waals surface area (Å²) >= 11 is 0. The quantitative estimate of drug-likeness (QED) is 0.511. The lowest BCUT2D eigenvalue weighted by Gasteiger charge is -2.15. The van der Waals surface area contributed by atoms with Gasteiger partial charge in [-0.1, -0.05) is 18.2 Å². The number of rotatable bonds is 4. The van der Waals surface area contributed by atoms with Gasteiger partial charge >= 0.3 is 0 Å². The number of aromatic nitrogens is 2. The number of aliphatic hydroxyl groups excluding tert-OH is 1. The van der Waals surface area contributed by atoms with Crippen LogP contribution in [0.5, 0.6) is 0 Å². The molecule has 2 aromatic carbocycles. The number of carbonyl (C=O) groups is 1. The number of aliphatic hydroxyl groups is 1. The minimum Gasteiger partial charge on any atom is -0.394 e. The molecule has 0 fully saturated rings. The highest BCUT2D eigenvalue weighted by atomic mass is 19.1. The number of aryl methyl sites for hydroxylation is 1. The predicted octanol–water partition coefficient (Wildman–Crippen LogP) is 3.10. The molecule has 1 unspecified atom stereocenters. The predicted molar refractivity (Wildman–Crippen MR) is 114 cm³/mol. The number of pyridine rings is 2. The number of benzene rings is 2. The van der Waals surface area contributed by atoms with E-state index in [1.807, 2.05) is 25.1 Å². The molecule has 1 atom stereocenters. The van der Waals surface area contributed by atoms with Crippen molar-refractivity contribution in [3.05, 3.63) is 82.0 Å². The van der Waals surface area contributed by atoms with Crippen LogP contribution in [-0.2, 0) is 0 Å². The molecule has 30 heavy (non-hydrogen) atoms. The summed E-state index contributed by atoms with van der Waals surface area (Å²) in [7, 11) is 0. The molecule has 4 aromatic rings. The van der Waals surface area contributed by atoms with Crippen LogP contribution in [-0.4, -0.2) is 33.2 Å². The lowest BCUT2D eigenvalue weighted by Crippen LogP contribution is -2.36. The van der Waals surface area contributed by atoms with E-state index in [1.165, 1.54) is 35.0 Å². The monoisotopic (exact) mass is 405 g/mol. The van der Waals surface area contributed by atoms with Crippen LogP contribution in [0.4, 0.5) is 4.39 Å². The molecule has 0 aliphatic heterocycles. The zero-order chi connectivity index (χ0) is 21.4. The molecule has 6 nitrogen and oxygen atoms in total. The lowest BCUT2D eigenvalue weighted by molar-refractivity contribution is 0.0923. The van der Waals surface area contributed by atoms with E-state index in [2.05, 4.69) is 10.3 Å². The molecule has 0 radical (unpaired) electrons. The van der Waals surface area contributed by atoms with Crippen molar-refractivity contribution in [3.63, 3.8) is 0 Å². The Morgan fingerprint density at radius 3 is 2.63 bits per heavy atom. The van der Waals surface area contributed by atoms with E-state index in [1.54, 1.807) is 13.0 Å². The van der Waals surface area contributed by atoms with Crippen LogP contribution in [0.25, 0.3) is 27.5 Å². The Kier molecular flexibility index (Phi) is 5.05. The summed E-state index contributed by atoms with van der Waals surface area (Å²) in [6.45, 7) is 3.36. The van der Waals surface area contributed by atoms with Crippen molar-refractivity contribution in [3.8, 4) is 5.69 Å². The van der Waals surface area contributed by atoms with Crippen LogP contribution in [0.2, 0.25) is 0 Å². The maximum Gasteiger partial charge on any atom is 0.264 e. The van der Waals surface area contributed by atoms with Crippen molar-refractivity contribution in [2.75, 3.05) is 6.61 Å². The van der Waals surface area contributed by atoms with Crippen molar-refractivity contribution < 1.29 is 14.3 Å². The molecule has 4 rings (SSSR count). The van der Waals surface area contributed by atoms with E-state index >= 15 is 0 Å². The third kappa shape index (κ3) is 3.44. The highest BCUT2D eigenvalue weighted by molar-refractivity contribution is 6.07. The first kappa shape index (κ1) is 19.7. The second-order valence-corrected chi connectivity index (χ2v) is 7.28. The summed E-state index contributed by atoms with van der Waals surface area (Å²) in [5, 5.41) is 13.1. The molecule has 0 aliphatic rings. The van der Waals surface area contributed by atoms with E-state index in [0.717, 1.165) is 10.9 Å². The molecule has 0 aliphatic carbocycles. The maximum atomic E-state index is 13.4. The normalized spacial score (nSPS) is 12.3. The second-order valence-electron chi connectivity index (χ2n) is 7.28. The van der Waals surface area contributed by atoms with Gasteiger partial charge in [-0.05, 0) is 49.7 Å². The van der Waals surface area contributed by atoms with Crippen molar-refractivity contribution in [1.82, 2.24) is 14.9 Å². The van der Waals surface area contributed by atoms with Crippen LogP contribution < -0.4 is 10.9 Å².